The number of nitrogens with one attached hydrogen (secondary N) is 1. The zero-order chi connectivity index (χ0) is 28.8. The van der Waals surface area contributed by atoms with Crippen molar-refractivity contribution < 1.29 is 14.1 Å². The van der Waals surface area contributed by atoms with Crippen LogP contribution in [0.3, 0.4) is 0 Å². The number of likely N-dealkylation sites (N-methyl/N-ethyl adjacent to an activating group) is 1. The van der Waals surface area contributed by atoms with E-state index < -0.39 is 13.2 Å². The van der Waals surface area contributed by atoms with Crippen LogP contribution in [-0.4, -0.2) is 63.9 Å². The van der Waals surface area contributed by atoms with E-state index in [1.165, 1.54) is 22.5 Å². The molecule has 1 fully saturated rings. The molecule has 40 heavy (non-hydrogen) atoms. The number of hydrogen-bond acceptors (Lipinski definition) is 6. The maximum atomic E-state index is 13.1. The molecule has 1 aliphatic rings. The van der Waals surface area contributed by atoms with Crippen LogP contribution in [0.5, 0.6) is 0 Å². The maximum Gasteiger partial charge on any atom is 0.271 e. The van der Waals surface area contributed by atoms with Gasteiger partial charge in [0.2, 0.25) is 5.91 Å². The van der Waals surface area contributed by atoms with Crippen LogP contribution >= 0.6 is 0 Å². The van der Waals surface area contributed by atoms with E-state index >= 15 is 0 Å². The zero-order valence-corrected chi connectivity index (χ0v) is 24.9. The summed E-state index contributed by atoms with van der Waals surface area (Å²) in [6.07, 6.45) is 0.790. The van der Waals surface area contributed by atoms with Crippen LogP contribution in [0, 0.1) is 10.1 Å². The van der Waals surface area contributed by atoms with E-state index in [1.54, 1.807) is 6.07 Å². The fraction of sp³-hybridized carbons (Fsp3) is 0.387. The van der Waals surface area contributed by atoms with Gasteiger partial charge in [-0.15, -0.1) is 0 Å². The van der Waals surface area contributed by atoms with E-state index in [4.69, 9.17) is 4.43 Å². The van der Waals surface area contributed by atoms with Crippen molar-refractivity contribution in [3.63, 3.8) is 0 Å². The lowest BCUT2D eigenvalue weighted by molar-refractivity contribution is -0.384. The van der Waals surface area contributed by atoms with Crippen molar-refractivity contribution in [3.05, 3.63) is 89.0 Å². The quantitative estimate of drug-likeness (QED) is 0.168. The normalized spacial score (nSPS) is 14.7. The number of amides is 1. The van der Waals surface area contributed by atoms with Crippen LogP contribution in [0.2, 0.25) is 5.04 Å². The van der Waals surface area contributed by atoms with Crippen LogP contribution < -0.4 is 20.6 Å². The molecule has 4 rings (SSSR count). The van der Waals surface area contributed by atoms with Crippen molar-refractivity contribution in [2.75, 3.05) is 50.1 Å². The largest absolute Gasteiger partial charge is 0.407 e. The lowest BCUT2D eigenvalue weighted by atomic mass is 10.2. The van der Waals surface area contributed by atoms with Crippen LogP contribution in [0.15, 0.2) is 78.9 Å². The molecule has 0 aromatic heterocycles. The van der Waals surface area contributed by atoms with Gasteiger partial charge in [-0.3, -0.25) is 14.9 Å². The van der Waals surface area contributed by atoms with Crippen LogP contribution in [0.4, 0.5) is 17.1 Å². The number of carbonyl (C=O) groups is 1. The highest BCUT2D eigenvalue weighted by atomic mass is 28.4. The molecular formula is C31H40N4O4Si. The molecule has 0 unspecified atom stereocenters. The minimum atomic E-state index is -2.67. The van der Waals surface area contributed by atoms with Crippen molar-refractivity contribution in [3.8, 4) is 0 Å². The standard InChI is InChI=1S/C31H40N4O4Si/c1-31(2,3)40(26-12-7-5-8-13-26,27-14-9-6-10-15-27)39-23-11-16-30(36)32-28-24-25(35(37)38)17-18-29(28)34-21-19-33(4)20-22-34/h5-10,12-15,17-18,24H,11,16,19-23H2,1-4H3,(H,32,36). The highest BCUT2D eigenvalue weighted by Gasteiger charge is 2.49. The summed E-state index contributed by atoms with van der Waals surface area (Å²) in [5.74, 6) is -0.179. The second-order valence-corrected chi connectivity index (χ2v) is 15.7. The maximum absolute atomic E-state index is 13.1. The molecule has 3 aromatic rings. The summed E-state index contributed by atoms with van der Waals surface area (Å²) in [4.78, 5) is 28.5. The molecule has 1 heterocycles. The average molecular weight is 561 g/mol. The topological polar surface area (TPSA) is 88.0 Å². The fourth-order valence-electron chi connectivity index (χ4n) is 5.49. The number of anilines is 2. The Morgan fingerprint density at radius 1 is 0.950 bits per heavy atom. The molecule has 1 amide bonds. The lowest BCUT2D eigenvalue weighted by Gasteiger charge is -2.43. The Kier molecular flexibility index (Phi) is 9.39. The van der Waals surface area contributed by atoms with Gasteiger partial charge in [0.25, 0.3) is 14.0 Å². The van der Waals surface area contributed by atoms with Gasteiger partial charge in [0.15, 0.2) is 0 Å². The van der Waals surface area contributed by atoms with Gasteiger partial charge >= 0.3 is 0 Å². The van der Waals surface area contributed by atoms with Crippen molar-refractivity contribution in [1.82, 2.24) is 4.90 Å². The van der Waals surface area contributed by atoms with Crippen molar-refractivity contribution in [2.45, 2.75) is 38.7 Å². The predicted octanol–water partition coefficient (Wildman–Crippen LogP) is 4.64. The predicted molar refractivity (Wildman–Crippen MR) is 164 cm³/mol. The first-order chi connectivity index (χ1) is 19.1. The van der Waals surface area contributed by atoms with Gasteiger partial charge in [0.1, 0.15) is 0 Å². The molecule has 0 aliphatic carbocycles. The molecule has 1 aliphatic heterocycles. The molecule has 0 bridgehead atoms. The molecule has 0 spiro atoms. The Bertz CT molecular complexity index is 1250. The number of nitro benzene ring substituents is 1. The minimum Gasteiger partial charge on any atom is -0.407 e. The van der Waals surface area contributed by atoms with Crippen molar-refractivity contribution in [1.29, 1.82) is 0 Å². The van der Waals surface area contributed by atoms with Crippen LogP contribution in [0.25, 0.3) is 0 Å². The van der Waals surface area contributed by atoms with Gasteiger partial charge in [-0.2, -0.15) is 0 Å². The van der Waals surface area contributed by atoms with E-state index in [0.29, 0.717) is 18.7 Å². The van der Waals surface area contributed by atoms with Gasteiger partial charge in [-0.1, -0.05) is 81.4 Å². The molecule has 0 atom stereocenters. The summed E-state index contributed by atoms with van der Waals surface area (Å²) in [6, 6.07) is 25.6. The first-order valence-electron chi connectivity index (χ1n) is 13.9. The molecular weight excluding hydrogens is 520 g/mol. The lowest BCUT2D eigenvalue weighted by Crippen LogP contribution is -2.66. The first-order valence-corrected chi connectivity index (χ1v) is 15.8. The molecule has 1 saturated heterocycles. The van der Waals surface area contributed by atoms with E-state index in [-0.39, 0.29) is 23.1 Å². The third-order valence-corrected chi connectivity index (χ3v) is 12.6. The molecule has 3 aromatic carbocycles. The third kappa shape index (κ3) is 6.60. The summed E-state index contributed by atoms with van der Waals surface area (Å²) in [5.41, 5.74) is 1.26. The number of nitrogens with zero attached hydrogens (tertiary/aromatic N) is 3. The van der Waals surface area contributed by atoms with E-state index in [2.05, 4.69) is 91.5 Å². The summed E-state index contributed by atoms with van der Waals surface area (Å²) in [6.45, 7) is 10.5. The Morgan fingerprint density at radius 3 is 2.05 bits per heavy atom. The summed E-state index contributed by atoms with van der Waals surface area (Å²) in [5, 5.41) is 16.7. The monoisotopic (exact) mass is 560 g/mol. The molecule has 0 radical (unpaired) electrons. The molecule has 0 saturated carbocycles. The number of rotatable bonds is 10. The van der Waals surface area contributed by atoms with E-state index in [9.17, 15) is 14.9 Å². The number of nitro groups is 1. The highest BCUT2D eigenvalue weighted by Crippen LogP contribution is 2.37. The molecule has 8 nitrogen and oxygen atoms in total. The van der Waals surface area contributed by atoms with E-state index in [0.717, 1.165) is 31.9 Å². The number of hydrogen-bond donors (Lipinski definition) is 1. The Morgan fingerprint density at radius 2 is 1.52 bits per heavy atom. The number of non-ortho nitro benzene ring substituents is 1. The SMILES string of the molecule is CN1CCN(c2ccc([N+](=O)[O-])cc2NC(=O)CCCO[Si](c2ccccc2)(c2ccccc2)C(C)(C)C)CC1. The second-order valence-electron chi connectivity index (χ2n) is 11.4. The van der Waals surface area contributed by atoms with Gasteiger partial charge < -0.3 is 19.5 Å². The van der Waals surface area contributed by atoms with Gasteiger partial charge in [-0.25, -0.2) is 0 Å². The summed E-state index contributed by atoms with van der Waals surface area (Å²) in [7, 11) is -0.596. The van der Waals surface area contributed by atoms with Crippen molar-refractivity contribution >= 4 is 41.7 Å². The second kappa shape index (κ2) is 12.8. The number of benzene rings is 3. The van der Waals surface area contributed by atoms with Gasteiger partial charge in [0, 0.05) is 51.3 Å². The van der Waals surface area contributed by atoms with Gasteiger partial charge in [-0.05, 0) is 34.9 Å². The summed E-state index contributed by atoms with van der Waals surface area (Å²) >= 11 is 0. The molecule has 9 heteroatoms. The Labute approximate surface area is 238 Å². The third-order valence-electron chi connectivity index (χ3n) is 7.59. The highest BCUT2D eigenvalue weighted by molar-refractivity contribution is 6.99. The number of piperazine rings is 1. The molecule has 1 N–H and O–H groups in total. The van der Waals surface area contributed by atoms with Crippen LogP contribution in [-0.2, 0) is 9.22 Å². The minimum absolute atomic E-state index is 0.0387. The van der Waals surface area contributed by atoms with E-state index in [1.807, 2.05) is 12.1 Å². The van der Waals surface area contributed by atoms with Gasteiger partial charge in [0.05, 0.1) is 16.3 Å². The van der Waals surface area contributed by atoms with Crippen molar-refractivity contribution in [2.24, 2.45) is 0 Å². The summed E-state index contributed by atoms with van der Waals surface area (Å²) < 4.78 is 6.90. The van der Waals surface area contributed by atoms with Crippen LogP contribution in [0.1, 0.15) is 33.6 Å². The zero-order valence-electron chi connectivity index (χ0n) is 23.9. The average Bonchev–Trinajstić information content (AvgIpc) is 2.94. The number of carbonyl (C=O) groups excluding carboxylic acids is 1. The fourth-order valence-corrected chi connectivity index (χ4v) is 10.1. The molecule has 212 valence electrons. The Balaban J connectivity index is 1.48. The first kappa shape index (κ1) is 29.4. The smallest absolute Gasteiger partial charge is 0.271 e. The Hall–Kier alpha value is -3.53.